The van der Waals surface area contributed by atoms with Gasteiger partial charge >= 0.3 is 0 Å². The van der Waals surface area contributed by atoms with Crippen molar-refractivity contribution in [3.63, 3.8) is 0 Å². The molecular formula is C125H131Br3IN3. The van der Waals surface area contributed by atoms with Crippen molar-refractivity contribution < 1.29 is 0 Å². The molecule has 0 radical (unpaired) electrons. The largest absolute Gasteiger partial charge is 0.356 e. The molecule has 2 aliphatic rings. The Hall–Kier alpha value is -10.1. The maximum absolute atomic E-state index is 3.65. The summed E-state index contributed by atoms with van der Waals surface area (Å²) >= 11 is 12.9. The van der Waals surface area contributed by atoms with Crippen molar-refractivity contribution in [1.82, 2.24) is 0 Å². The number of unbranched alkanes of at least 4 members (excludes halogenated alkanes) is 20. The fourth-order valence-electron chi connectivity index (χ4n) is 20.2. The smallest absolute Gasteiger partial charge is 0.0462 e. The Morgan fingerprint density at radius 1 is 0.227 bits per heavy atom. The van der Waals surface area contributed by atoms with Crippen LogP contribution in [0.2, 0.25) is 0 Å². The van der Waals surface area contributed by atoms with Gasteiger partial charge in [0, 0.05) is 73.3 Å². The van der Waals surface area contributed by atoms with Gasteiger partial charge in [-0.2, -0.15) is 0 Å². The molecule has 0 aliphatic heterocycles. The zero-order chi connectivity index (χ0) is 91.1. The zero-order valence-electron chi connectivity index (χ0n) is 78.1. The lowest BCUT2D eigenvalue weighted by Gasteiger charge is -2.33. The second-order valence-electron chi connectivity index (χ2n) is 36.5. The number of fused-ring (bicyclic) bond motifs is 6. The van der Waals surface area contributed by atoms with Crippen molar-refractivity contribution in [1.29, 1.82) is 0 Å². The van der Waals surface area contributed by atoms with Crippen molar-refractivity contribution in [2.75, 3.05) is 15.1 Å². The second-order valence-corrected chi connectivity index (χ2v) is 40.5. The van der Waals surface area contributed by atoms with Gasteiger partial charge < -0.3 is 15.1 Å². The summed E-state index contributed by atoms with van der Waals surface area (Å²) in [6.07, 6.45) is 37.3. The van der Waals surface area contributed by atoms with E-state index < -0.39 is 0 Å². The molecule has 7 heteroatoms. The van der Waals surface area contributed by atoms with Crippen LogP contribution in [0, 0.1) is 3.57 Å². The molecule has 17 rings (SSSR count). The molecule has 0 saturated heterocycles. The van der Waals surface area contributed by atoms with Crippen LogP contribution in [0.25, 0.3) is 66.8 Å². The fourth-order valence-corrected chi connectivity index (χ4v) is 21.4. The minimum atomic E-state index is -0.0521. The number of hydrogen-bond acceptors (Lipinski definition) is 3. The van der Waals surface area contributed by atoms with E-state index in [-0.39, 0.29) is 10.8 Å². The van der Waals surface area contributed by atoms with Gasteiger partial charge in [-0.15, -0.1) is 0 Å². The topological polar surface area (TPSA) is 18.5 Å². The van der Waals surface area contributed by atoms with E-state index in [4.69, 9.17) is 0 Å². The Balaban J connectivity index is 0.000000190. The fraction of sp³-hybridized carbons (Fsp3) is 0.280. The van der Waals surface area contributed by atoms with Crippen molar-refractivity contribution in [2.45, 2.75) is 225 Å². The van der Waals surface area contributed by atoms with E-state index in [9.17, 15) is 0 Å². The highest BCUT2D eigenvalue weighted by Crippen LogP contribution is 2.58. The molecule has 674 valence electrons. The number of hydrogen-bond donors (Lipinski definition) is 1. The summed E-state index contributed by atoms with van der Waals surface area (Å²) in [5.41, 5.74) is 34.0. The number of benzene rings is 15. The third-order valence-corrected chi connectivity index (χ3v) is 29.6. The van der Waals surface area contributed by atoms with Crippen LogP contribution in [0.15, 0.2) is 377 Å². The molecule has 0 heterocycles. The Bertz CT molecular complexity index is 5650. The van der Waals surface area contributed by atoms with Gasteiger partial charge in [-0.05, 0) is 325 Å². The first-order valence-electron chi connectivity index (χ1n) is 49.4. The maximum atomic E-state index is 3.65. The van der Waals surface area contributed by atoms with Crippen molar-refractivity contribution in [3.05, 3.63) is 414 Å². The highest BCUT2D eigenvalue weighted by molar-refractivity contribution is 14.1. The van der Waals surface area contributed by atoms with E-state index in [0.29, 0.717) is 0 Å². The van der Waals surface area contributed by atoms with E-state index >= 15 is 0 Å². The van der Waals surface area contributed by atoms with Crippen LogP contribution < -0.4 is 15.1 Å². The molecular weight excluding hydrogens is 1910 g/mol. The monoisotopic (exact) mass is 2040 g/mol. The molecule has 0 spiro atoms. The number of nitrogens with zero attached hydrogens (tertiary/aromatic N) is 2. The maximum Gasteiger partial charge on any atom is 0.0462 e. The summed E-state index contributed by atoms with van der Waals surface area (Å²) < 4.78 is 4.56. The average Bonchev–Trinajstić information content (AvgIpc) is 1.56. The first-order chi connectivity index (χ1) is 64.9. The minimum Gasteiger partial charge on any atom is -0.356 e. The molecule has 0 aromatic heterocycles. The SMILES string of the molecule is Brc1ccc(I)cc1.CCCCCCCCC1(CCCCCCCC)c2cc(-c3ccc(Cc4ccccc4)cc3)ccc2-c2ccc(-c3ccc(Nc4ccccc4)cc3)cc21.CCCCCCCCC1(CCCCCCCC)c2cc(-c3ccc(N(c4ccccc4)c4ccc(Br)cc4)cc3)ccc2-c2ccc(-c3ccc(N(c4ccccc4)c4ccc(Br)cc4)cc3)cc21. The van der Waals surface area contributed by atoms with Gasteiger partial charge in [0.1, 0.15) is 0 Å². The first-order valence-corrected chi connectivity index (χ1v) is 52.8. The van der Waals surface area contributed by atoms with E-state index in [1.807, 2.05) is 12.1 Å². The van der Waals surface area contributed by atoms with Crippen LogP contribution in [0.5, 0.6) is 0 Å². The molecule has 0 unspecified atom stereocenters. The summed E-state index contributed by atoms with van der Waals surface area (Å²) in [6.45, 7) is 9.28. The highest BCUT2D eigenvalue weighted by Gasteiger charge is 2.45. The van der Waals surface area contributed by atoms with Gasteiger partial charge in [-0.1, -0.05) is 424 Å². The number of halogens is 4. The number of rotatable bonds is 42. The molecule has 15 aromatic carbocycles. The number of nitrogens with one attached hydrogen (secondary N) is 1. The third kappa shape index (κ3) is 25.1. The minimum absolute atomic E-state index is 0.0221. The third-order valence-electron chi connectivity index (χ3n) is 27.3. The van der Waals surface area contributed by atoms with E-state index in [2.05, 4.69) is 465 Å². The molecule has 2 aliphatic carbocycles. The number of anilines is 8. The van der Waals surface area contributed by atoms with Crippen LogP contribution in [-0.2, 0) is 17.3 Å². The summed E-state index contributed by atoms with van der Waals surface area (Å²) in [7, 11) is 0. The van der Waals surface area contributed by atoms with Crippen molar-refractivity contribution in [2.24, 2.45) is 0 Å². The predicted molar refractivity (Wildman–Crippen MR) is 590 cm³/mol. The molecule has 15 aromatic rings. The Morgan fingerprint density at radius 2 is 0.462 bits per heavy atom. The van der Waals surface area contributed by atoms with Crippen LogP contribution in [0.3, 0.4) is 0 Å². The van der Waals surface area contributed by atoms with Crippen LogP contribution in [0.4, 0.5) is 45.5 Å². The molecule has 1 N–H and O–H groups in total. The van der Waals surface area contributed by atoms with Gasteiger partial charge in [-0.25, -0.2) is 0 Å². The lowest BCUT2D eigenvalue weighted by atomic mass is 9.70. The van der Waals surface area contributed by atoms with Gasteiger partial charge in [0.05, 0.1) is 0 Å². The second kappa shape index (κ2) is 49.2. The molecule has 0 bridgehead atoms. The summed E-state index contributed by atoms with van der Waals surface area (Å²) in [5.74, 6) is 0. The van der Waals surface area contributed by atoms with Gasteiger partial charge in [0.2, 0.25) is 0 Å². The lowest BCUT2D eigenvalue weighted by Crippen LogP contribution is -2.25. The molecule has 0 amide bonds. The van der Waals surface area contributed by atoms with Crippen LogP contribution >= 0.6 is 70.4 Å². The predicted octanol–water partition coefficient (Wildman–Crippen LogP) is 40.4. The Morgan fingerprint density at radius 3 is 0.773 bits per heavy atom. The lowest BCUT2D eigenvalue weighted by molar-refractivity contribution is 0.398. The van der Waals surface area contributed by atoms with E-state index in [0.717, 1.165) is 65.3 Å². The van der Waals surface area contributed by atoms with Crippen molar-refractivity contribution >= 4 is 116 Å². The summed E-state index contributed by atoms with van der Waals surface area (Å²) in [5, 5.41) is 3.56. The zero-order valence-corrected chi connectivity index (χ0v) is 85.0. The van der Waals surface area contributed by atoms with E-state index in [1.165, 1.54) is 272 Å². The van der Waals surface area contributed by atoms with E-state index in [1.54, 1.807) is 11.1 Å². The standard InChI is InChI=1S/C65H66Br2N2.C54H61N.C6H4BrI/c1-3-5-7-9-11-19-45-65(46-20-12-10-8-6-4-2)63-47-51(49-25-35-57(36-26-49)68(55-21-15-13-16-22-55)59-39-31-53(66)32-40-59)29-43-61(63)62-44-30-52(48-64(62)65)50-27-37-58(38-28-50)69(56-23-17-14-18-24-56)60-41-33-54(67)34-42-60;1-3-5-7-9-11-19-37-54(38-20-12-10-8-6-4-2)52-40-46(44-27-25-43(26-28-44)39-42-21-15-13-16-22-42)31-35-50(52)51-36-32-47(41-53(51)54)45-29-33-49(34-30-45)55-48-23-17-14-18-24-48;7-5-1-3-6(8)4-2-5/h13-18,21-44,47-48H,3-12,19-20,45-46H2,1-2H3;13-18,21-36,40-41,55H,3-12,19-20,37-39H2,1-2H3;1-4H. The number of para-hydroxylation sites is 3. The first kappa shape index (κ1) is 96.4. The van der Waals surface area contributed by atoms with Gasteiger partial charge in [-0.3, -0.25) is 0 Å². The van der Waals surface area contributed by atoms with Gasteiger partial charge in [0.25, 0.3) is 0 Å². The molecule has 0 saturated carbocycles. The normalized spacial score (nSPS) is 12.3. The quantitative estimate of drug-likeness (QED) is 0.0304. The van der Waals surface area contributed by atoms with Gasteiger partial charge in [0.15, 0.2) is 0 Å². The summed E-state index contributed by atoms with van der Waals surface area (Å²) in [6, 6.07) is 135. The molecule has 0 atom stereocenters. The average molecular weight is 2040 g/mol. The molecule has 132 heavy (non-hydrogen) atoms. The van der Waals surface area contributed by atoms with Crippen LogP contribution in [0.1, 0.15) is 241 Å². The summed E-state index contributed by atoms with van der Waals surface area (Å²) in [4.78, 5) is 4.68. The Labute approximate surface area is 829 Å². The molecule has 3 nitrogen and oxygen atoms in total. The van der Waals surface area contributed by atoms with Crippen molar-refractivity contribution in [3.8, 4) is 66.8 Å². The highest BCUT2D eigenvalue weighted by atomic mass is 127. The molecule has 0 fully saturated rings. The Kier molecular flexibility index (Phi) is 36.0. The van der Waals surface area contributed by atoms with Crippen LogP contribution in [-0.4, -0.2) is 0 Å².